The zero-order valence-corrected chi connectivity index (χ0v) is 11.3. The Morgan fingerprint density at radius 2 is 2.06 bits per heavy atom. The van der Waals surface area contributed by atoms with Gasteiger partial charge in [0.05, 0.1) is 0 Å². The Hall–Kier alpha value is -1.10. The first-order valence-corrected chi connectivity index (χ1v) is 7.41. The second kappa shape index (κ2) is 4.53. The van der Waals surface area contributed by atoms with E-state index < -0.39 is 5.97 Å². The highest BCUT2D eigenvalue weighted by Gasteiger charge is 2.41. The standard InChI is InChI=1S/C13H18N2O2S/c1-7-11(12(16)17)15-13(18-7)14-6-10(8-2-3-8)9-4-5-9/h8-10H,2-6H2,1H3,(H,14,15)(H,16,17). The lowest BCUT2D eigenvalue weighted by atomic mass is 9.98. The molecule has 2 saturated carbocycles. The molecule has 5 heteroatoms. The van der Waals surface area contributed by atoms with Crippen LogP contribution in [0.4, 0.5) is 5.13 Å². The van der Waals surface area contributed by atoms with Gasteiger partial charge >= 0.3 is 5.97 Å². The number of carboxylic acids is 1. The smallest absolute Gasteiger partial charge is 0.355 e. The minimum absolute atomic E-state index is 0.192. The van der Waals surface area contributed by atoms with Gasteiger partial charge in [-0.25, -0.2) is 9.78 Å². The Kier molecular flexibility index (Phi) is 3.01. The predicted octanol–water partition coefficient (Wildman–Crippen LogP) is 3.00. The van der Waals surface area contributed by atoms with Crippen LogP contribution in [0.25, 0.3) is 0 Å². The van der Waals surface area contributed by atoms with Crippen LogP contribution in [0.5, 0.6) is 0 Å². The van der Waals surface area contributed by atoms with Gasteiger partial charge < -0.3 is 10.4 Å². The Balaban J connectivity index is 1.61. The molecule has 0 radical (unpaired) electrons. The van der Waals surface area contributed by atoms with Crippen molar-refractivity contribution in [1.29, 1.82) is 0 Å². The van der Waals surface area contributed by atoms with E-state index in [1.807, 2.05) is 6.92 Å². The molecule has 1 aromatic rings. The number of anilines is 1. The van der Waals surface area contributed by atoms with Crippen molar-refractivity contribution in [3.63, 3.8) is 0 Å². The van der Waals surface area contributed by atoms with Crippen molar-refractivity contribution >= 4 is 22.4 Å². The molecule has 3 rings (SSSR count). The summed E-state index contributed by atoms with van der Waals surface area (Å²) in [5.74, 6) is 1.66. The molecule has 0 spiro atoms. The van der Waals surface area contributed by atoms with E-state index in [0.717, 1.165) is 34.3 Å². The lowest BCUT2D eigenvalue weighted by Crippen LogP contribution is -2.18. The minimum Gasteiger partial charge on any atom is -0.476 e. The minimum atomic E-state index is -0.933. The van der Waals surface area contributed by atoms with E-state index in [9.17, 15) is 4.79 Å². The van der Waals surface area contributed by atoms with E-state index in [1.165, 1.54) is 37.0 Å². The van der Waals surface area contributed by atoms with Gasteiger partial charge in [0.2, 0.25) is 0 Å². The largest absolute Gasteiger partial charge is 0.476 e. The molecule has 0 aliphatic heterocycles. The molecule has 0 aromatic carbocycles. The average Bonchev–Trinajstić information content (AvgIpc) is 3.19. The van der Waals surface area contributed by atoms with Gasteiger partial charge in [-0.1, -0.05) is 0 Å². The van der Waals surface area contributed by atoms with Gasteiger partial charge in [-0.3, -0.25) is 0 Å². The topological polar surface area (TPSA) is 62.2 Å². The third-order valence-corrected chi connectivity index (χ3v) is 4.87. The average molecular weight is 266 g/mol. The lowest BCUT2D eigenvalue weighted by molar-refractivity contribution is 0.0690. The second-order valence-electron chi connectivity index (χ2n) is 5.45. The number of nitrogens with zero attached hydrogens (tertiary/aromatic N) is 1. The van der Waals surface area contributed by atoms with Gasteiger partial charge in [-0.2, -0.15) is 0 Å². The number of carbonyl (C=O) groups is 1. The molecule has 2 N–H and O–H groups in total. The molecule has 0 unspecified atom stereocenters. The van der Waals surface area contributed by atoms with Gasteiger partial charge in [-0.05, 0) is 50.4 Å². The summed E-state index contributed by atoms with van der Waals surface area (Å²) in [6, 6.07) is 0. The van der Waals surface area contributed by atoms with Crippen molar-refractivity contribution < 1.29 is 9.90 Å². The zero-order valence-electron chi connectivity index (χ0n) is 10.5. The SMILES string of the molecule is Cc1sc(NCC(C2CC2)C2CC2)nc1C(=O)O. The molecule has 98 valence electrons. The summed E-state index contributed by atoms with van der Waals surface area (Å²) >= 11 is 1.45. The van der Waals surface area contributed by atoms with E-state index >= 15 is 0 Å². The van der Waals surface area contributed by atoms with Crippen molar-refractivity contribution in [3.05, 3.63) is 10.6 Å². The maximum Gasteiger partial charge on any atom is 0.355 e. The molecule has 1 heterocycles. The maximum atomic E-state index is 10.9. The molecule has 0 saturated heterocycles. The van der Waals surface area contributed by atoms with Gasteiger partial charge in [0, 0.05) is 11.4 Å². The molecular formula is C13H18N2O2S. The predicted molar refractivity (Wildman–Crippen MR) is 71.2 cm³/mol. The summed E-state index contributed by atoms with van der Waals surface area (Å²) in [5, 5.41) is 13.1. The second-order valence-corrected chi connectivity index (χ2v) is 6.65. The first kappa shape index (κ1) is 12.0. The first-order chi connectivity index (χ1) is 8.65. The van der Waals surface area contributed by atoms with Crippen molar-refractivity contribution in [2.24, 2.45) is 17.8 Å². The summed E-state index contributed by atoms with van der Waals surface area (Å²) in [6.45, 7) is 2.77. The van der Waals surface area contributed by atoms with E-state index in [4.69, 9.17) is 5.11 Å². The number of aryl methyl sites for hydroxylation is 1. The quantitative estimate of drug-likeness (QED) is 0.831. The number of aromatic carboxylic acids is 1. The third-order valence-electron chi connectivity index (χ3n) is 3.94. The molecule has 18 heavy (non-hydrogen) atoms. The van der Waals surface area contributed by atoms with Crippen LogP contribution in [0.1, 0.15) is 41.0 Å². The van der Waals surface area contributed by atoms with Gasteiger partial charge in [0.1, 0.15) is 0 Å². The summed E-state index contributed by atoms with van der Waals surface area (Å²) in [7, 11) is 0. The molecule has 0 amide bonds. The Morgan fingerprint density at radius 3 is 2.50 bits per heavy atom. The molecule has 2 aliphatic rings. The fourth-order valence-corrected chi connectivity index (χ4v) is 3.45. The lowest BCUT2D eigenvalue weighted by Gasteiger charge is -2.15. The van der Waals surface area contributed by atoms with Crippen LogP contribution >= 0.6 is 11.3 Å². The highest BCUT2D eigenvalue weighted by molar-refractivity contribution is 7.15. The molecule has 0 atom stereocenters. The molecular weight excluding hydrogens is 248 g/mol. The fraction of sp³-hybridized carbons (Fsp3) is 0.692. The van der Waals surface area contributed by atoms with Gasteiger partial charge in [0.25, 0.3) is 0 Å². The van der Waals surface area contributed by atoms with Gasteiger partial charge in [0.15, 0.2) is 10.8 Å². The van der Waals surface area contributed by atoms with Gasteiger partial charge in [-0.15, -0.1) is 11.3 Å². The number of carboxylic acid groups (broad SMARTS) is 1. The number of hydrogen-bond donors (Lipinski definition) is 2. The van der Waals surface area contributed by atoms with Crippen molar-refractivity contribution in [1.82, 2.24) is 4.98 Å². The summed E-state index contributed by atoms with van der Waals surface area (Å²) in [5.41, 5.74) is 0.192. The number of aromatic nitrogens is 1. The van der Waals surface area contributed by atoms with E-state index in [2.05, 4.69) is 10.3 Å². The number of thiazole rings is 1. The van der Waals surface area contributed by atoms with Crippen LogP contribution in [0, 0.1) is 24.7 Å². The fourth-order valence-electron chi connectivity index (χ4n) is 2.64. The molecule has 1 aromatic heterocycles. The highest BCUT2D eigenvalue weighted by Crippen LogP contribution is 2.49. The normalized spacial score (nSPS) is 19.2. The van der Waals surface area contributed by atoms with E-state index in [1.54, 1.807) is 0 Å². The molecule has 2 fully saturated rings. The third kappa shape index (κ3) is 2.51. The van der Waals surface area contributed by atoms with Crippen molar-refractivity contribution in [2.45, 2.75) is 32.6 Å². The molecule has 4 nitrogen and oxygen atoms in total. The van der Waals surface area contributed by atoms with Crippen LogP contribution in [0.2, 0.25) is 0 Å². The number of rotatable bonds is 6. The van der Waals surface area contributed by atoms with E-state index in [-0.39, 0.29) is 5.69 Å². The Morgan fingerprint density at radius 1 is 1.44 bits per heavy atom. The van der Waals surface area contributed by atoms with Crippen LogP contribution in [-0.2, 0) is 0 Å². The van der Waals surface area contributed by atoms with E-state index in [0.29, 0.717) is 0 Å². The number of hydrogen-bond acceptors (Lipinski definition) is 4. The zero-order chi connectivity index (χ0) is 12.7. The molecule has 0 bridgehead atoms. The van der Waals surface area contributed by atoms with Crippen molar-refractivity contribution in [3.8, 4) is 0 Å². The van der Waals surface area contributed by atoms with Crippen LogP contribution in [0.15, 0.2) is 0 Å². The Bertz CT molecular complexity index is 452. The first-order valence-electron chi connectivity index (χ1n) is 6.59. The maximum absolute atomic E-state index is 10.9. The monoisotopic (exact) mass is 266 g/mol. The summed E-state index contributed by atoms with van der Waals surface area (Å²) in [4.78, 5) is 15.9. The van der Waals surface area contributed by atoms with Crippen LogP contribution in [-0.4, -0.2) is 22.6 Å². The van der Waals surface area contributed by atoms with Crippen molar-refractivity contribution in [2.75, 3.05) is 11.9 Å². The Labute approximate surface area is 110 Å². The van der Waals surface area contributed by atoms with Crippen LogP contribution < -0.4 is 5.32 Å². The highest BCUT2D eigenvalue weighted by atomic mass is 32.1. The number of nitrogens with one attached hydrogen (secondary N) is 1. The summed E-state index contributed by atoms with van der Waals surface area (Å²) < 4.78 is 0. The summed E-state index contributed by atoms with van der Waals surface area (Å²) in [6.07, 6.45) is 5.50. The molecule has 2 aliphatic carbocycles. The van der Waals surface area contributed by atoms with Crippen LogP contribution in [0.3, 0.4) is 0 Å².